The first-order valence-corrected chi connectivity index (χ1v) is 7.75. The van der Waals surface area contributed by atoms with Crippen LogP contribution in [0.15, 0.2) is 24.3 Å². The number of hydrogen-bond donors (Lipinski definition) is 2. The third-order valence-electron chi connectivity index (χ3n) is 4.28. The Morgan fingerprint density at radius 2 is 2.00 bits per heavy atom. The van der Waals surface area contributed by atoms with Gasteiger partial charge in [0.25, 0.3) is 0 Å². The molecule has 0 heterocycles. The molecule has 0 aliphatic heterocycles. The molecule has 1 aromatic rings. The van der Waals surface area contributed by atoms with Crippen LogP contribution in [0, 0.1) is 5.41 Å². The van der Waals surface area contributed by atoms with Crippen LogP contribution in [-0.4, -0.2) is 18.6 Å². The Balaban J connectivity index is 2.10. The second kappa shape index (κ2) is 6.48. The molecule has 0 spiro atoms. The number of carbonyl (C=O) groups is 1. The van der Waals surface area contributed by atoms with Crippen molar-refractivity contribution in [3.63, 3.8) is 0 Å². The predicted octanol–water partition coefficient (Wildman–Crippen LogP) is 2.78. The molecular weight excluding hydrogens is 264 g/mol. The van der Waals surface area contributed by atoms with Crippen LogP contribution in [0.2, 0.25) is 0 Å². The van der Waals surface area contributed by atoms with Gasteiger partial charge in [0.05, 0.1) is 17.6 Å². The molecule has 2 rings (SSSR count). The van der Waals surface area contributed by atoms with Gasteiger partial charge in [-0.3, -0.25) is 4.79 Å². The predicted molar refractivity (Wildman–Crippen MR) is 84.1 cm³/mol. The molecule has 21 heavy (non-hydrogen) atoms. The minimum absolute atomic E-state index is 0.0723. The molecule has 116 valence electrons. The molecule has 0 radical (unpaired) electrons. The number of hydrogen-bond acceptors (Lipinski definition) is 3. The molecule has 4 nitrogen and oxygen atoms in total. The minimum Gasteiger partial charge on any atom is -0.491 e. The number of benzene rings is 1. The minimum atomic E-state index is -0.345. The summed E-state index contributed by atoms with van der Waals surface area (Å²) < 4.78 is 5.82. The van der Waals surface area contributed by atoms with Gasteiger partial charge in [0.2, 0.25) is 5.91 Å². The Morgan fingerprint density at radius 3 is 2.52 bits per heavy atom. The van der Waals surface area contributed by atoms with E-state index in [1.165, 1.54) is 0 Å². The maximum atomic E-state index is 12.5. The molecular formula is C17H26N2O2. The smallest absolute Gasteiger partial charge is 0.227 e. The van der Waals surface area contributed by atoms with E-state index in [9.17, 15) is 4.79 Å². The normalized spacial score (nSPS) is 18.0. The van der Waals surface area contributed by atoms with E-state index in [-0.39, 0.29) is 23.5 Å². The number of carbonyl (C=O) groups excluding carboxylic acids is 1. The molecule has 0 saturated heterocycles. The first-order chi connectivity index (χ1) is 9.98. The second-order valence-corrected chi connectivity index (χ2v) is 6.24. The van der Waals surface area contributed by atoms with Crippen molar-refractivity contribution in [2.75, 3.05) is 6.54 Å². The molecule has 1 unspecified atom stereocenters. The zero-order valence-corrected chi connectivity index (χ0v) is 13.2. The molecule has 0 bridgehead atoms. The third-order valence-corrected chi connectivity index (χ3v) is 4.28. The van der Waals surface area contributed by atoms with Crippen LogP contribution in [0.1, 0.15) is 51.6 Å². The van der Waals surface area contributed by atoms with Gasteiger partial charge >= 0.3 is 0 Å². The molecule has 4 heteroatoms. The van der Waals surface area contributed by atoms with Crippen LogP contribution in [0.3, 0.4) is 0 Å². The number of nitrogens with two attached hydrogens (primary N) is 1. The van der Waals surface area contributed by atoms with E-state index in [0.29, 0.717) is 6.54 Å². The molecule has 1 amide bonds. The molecule has 0 aromatic heterocycles. The summed E-state index contributed by atoms with van der Waals surface area (Å²) in [5, 5.41) is 3.10. The maximum Gasteiger partial charge on any atom is 0.227 e. The van der Waals surface area contributed by atoms with Crippen molar-refractivity contribution in [1.29, 1.82) is 0 Å². The monoisotopic (exact) mass is 290 g/mol. The summed E-state index contributed by atoms with van der Waals surface area (Å²) in [6, 6.07) is 7.77. The molecule has 1 aliphatic carbocycles. The van der Waals surface area contributed by atoms with Crippen molar-refractivity contribution >= 4 is 5.91 Å². The highest BCUT2D eigenvalue weighted by molar-refractivity contribution is 5.84. The Kier molecular flexibility index (Phi) is 4.88. The molecule has 3 N–H and O–H groups in total. The lowest BCUT2D eigenvalue weighted by atomic mass is 9.68. The SMILES string of the molecule is CC(C)Oc1ccccc1C(C)NC(=O)C1(CN)CCC1. The van der Waals surface area contributed by atoms with Crippen molar-refractivity contribution in [2.24, 2.45) is 11.1 Å². The summed E-state index contributed by atoms with van der Waals surface area (Å²) in [5.41, 5.74) is 6.45. The van der Waals surface area contributed by atoms with Gasteiger partial charge in [-0.25, -0.2) is 0 Å². The largest absolute Gasteiger partial charge is 0.491 e. The number of para-hydroxylation sites is 1. The molecule has 1 atom stereocenters. The lowest BCUT2D eigenvalue weighted by Crippen LogP contribution is -2.50. The summed E-state index contributed by atoms with van der Waals surface area (Å²) in [6.07, 6.45) is 2.99. The van der Waals surface area contributed by atoms with Crippen molar-refractivity contribution in [3.8, 4) is 5.75 Å². The molecule has 1 aliphatic rings. The van der Waals surface area contributed by atoms with E-state index in [1.54, 1.807) is 0 Å². The summed E-state index contributed by atoms with van der Waals surface area (Å²) >= 11 is 0. The van der Waals surface area contributed by atoms with E-state index in [4.69, 9.17) is 10.5 Å². The lowest BCUT2D eigenvalue weighted by molar-refractivity contribution is -0.135. The highest BCUT2D eigenvalue weighted by Gasteiger charge is 2.43. The van der Waals surface area contributed by atoms with Gasteiger partial charge in [-0.05, 0) is 39.7 Å². The standard InChI is InChI=1S/C17H26N2O2/c1-12(2)21-15-8-5-4-7-14(15)13(3)19-16(20)17(11-18)9-6-10-17/h4-5,7-8,12-13H,6,9-11,18H2,1-3H3,(H,19,20). The summed E-state index contributed by atoms with van der Waals surface area (Å²) in [6.45, 7) is 6.41. The van der Waals surface area contributed by atoms with Gasteiger partial charge in [-0.2, -0.15) is 0 Å². The van der Waals surface area contributed by atoms with Gasteiger partial charge < -0.3 is 15.8 Å². The fourth-order valence-corrected chi connectivity index (χ4v) is 2.75. The van der Waals surface area contributed by atoms with E-state index in [1.807, 2.05) is 45.0 Å². The highest BCUT2D eigenvalue weighted by atomic mass is 16.5. The van der Waals surface area contributed by atoms with Crippen LogP contribution in [0.25, 0.3) is 0 Å². The number of rotatable bonds is 6. The van der Waals surface area contributed by atoms with Crippen molar-refractivity contribution in [3.05, 3.63) is 29.8 Å². The summed E-state index contributed by atoms with van der Waals surface area (Å²) in [4.78, 5) is 12.5. The number of ether oxygens (including phenoxy) is 1. The van der Waals surface area contributed by atoms with Gasteiger partial charge in [-0.1, -0.05) is 24.6 Å². The van der Waals surface area contributed by atoms with E-state index >= 15 is 0 Å². The fraction of sp³-hybridized carbons (Fsp3) is 0.588. The molecule has 1 fully saturated rings. The van der Waals surface area contributed by atoms with Gasteiger partial charge in [0, 0.05) is 12.1 Å². The fourth-order valence-electron chi connectivity index (χ4n) is 2.75. The first-order valence-electron chi connectivity index (χ1n) is 7.75. The van der Waals surface area contributed by atoms with Crippen LogP contribution in [-0.2, 0) is 4.79 Å². The zero-order valence-electron chi connectivity index (χ0n) is 13.2. The molecule has 1 aromatic carbocycles. The van der Waals surface area contributed by atoms with E-state index in [0.717, 1.165) is 30.6 Å². The van der Waals surface area contributed by atoms with Gasteiger partial charge in [-0.15, -0.1) is 0 Å². The average Bonchev–Trinajstić information content (AvgIpc) is 2.37. The van der Waals surface area contributed by atoms with Gasteiger partial charge in [0.1, 0.15) is 5.75 Å². The molecule has 1 saturated carbocycles. The Labute approximate surface area is 127 Å². The first kappa shape index (κ1) is 15.8. The Bertz CT molecular complexity index is 490. The second-order valence-electron chi connectivity index (χ2n) is 6.24. The summed E-state index contributed by atoms with van der Waals surface area (Å²) in [5.74, 6) is 0.902. The van der Waals surface area contributed by atoms with Crippen molar-refractivity contribution in [2.45, 2.75) is 52.2 Å². The van der Waals surface area contributed by atoms with E-state index < -0.39 is 0 Å². The Hall–Kier alpha value is -1.55. The highest BCUT2D eigenvalue weighted by Crippen LogP contribution is 2.40. The van der Waals surface area contributed by atoms with Crippen LogP contribution in [0.4, 0.5) is 0 Å². The quantitative estimate of drug-likeness (QED) is 0.846. The lowest BCUT2D eigenvalue weighted by Gasteiger charge is -2.40. The Morgan fingerprint density at radius 1 is 1.33 bits per heavy atom. The number of nitrogens with one attached hydrogen (secondary N) is 1. The van der Waals surface area contributed by atoms with Crippen LogP contribution in [0.5, 0.6) is 5.75 Å². The number of amides is 1. The average molecular weight is 290 g/mol. The zero-order chi connectivity index (χ0) is 15.5. The van der Waals surface area contributed by atoms with E-state index in [2.05, 4.69) is 5.32 Å². The maximum absolute atomic E-state index is 12.5. The van der Waals surface area contributed by atoms with Crippen LogP contribution >= 0.6 is 0 Å². The van der Waals surface area contributed by atoms with Gasteiger partial charge in [0.15, 0.2) is 0 Å². The summed E-state index contributed by atoms with van der Waals surface area (Å²) in [7, 11) is 0. The van der Waals surface area contributed by atoms with Crippen molar-refractivity contribution < 1.29 is 9.53 Å². The van der Waals surface area contributed by atoms with Crippen molar-refractivity contribution in [1.82, 2.24) is 5.32 Å². The third kappa shape index (κ3) is 3.38. The van der Waals surface area contributed by atoms with Crippen LogP contribution < -0.4 is 15.8 Å². The topological polar surface area (TPSA) is 64.3 Å².